The molecule has 1 N–H and O–H groups in total. The summed E-state index contributed by atoms with van der Waals surface area (Å²) >= 11 is 0. The van der Waals surface area contributed by atoms with Gasteiger partial charge in [0.25, 0.3) is 5.69 Å². The molecule has 0 fully saturated rings. The van der Waals surface area contributed by atoms with Gasteiger partial charge in [0.2, 0.25) is 0 Å². The second kappa shape index (κ2) is 5.29. The lowest BCUT2D eigenvalue weighted by Crippen LogP contribution is -2.25. The first-order valence-corrected chi connectivity index (χ1v) is 7.14. The summed E-state index contributed by atoms with van der Waals surface area (Å²) in [7, 11) is 0. The van der Waals surface area contributed by atoms with Crippen molar-refractivity contribution in [1.82, 2.24) is 15.1 Å². The number of aromatic nitrogens is 2. The van der Waals surface area contributed by atoms with Crippen LogP contribution in [0.25, 0.3) is 11.3 Å². The van der Waals surface area contributed by atoms with Crippen LogP contribution in [0.5, 0.6) is 0 Å². The van der Waals surface area contributed by atoms with Gasteiger partial charge in [-0.25, -0.2) is 0 Å². The van der Waals surface area contributed by atoms with E-state index in [-0.39, 0.29) is 16.7 Å². The summed E-state index contributed by atoms with van der Waals surface area (Å²) in [5, 5.41) is 19.3. The van der Waals surface area contributed by atoms with Gasteiger partial charge in [-0.05, 0) is 19.9 Å². The highest BCUT2D eigenvalue weighted by Gasteiger charge is 2.26. The van der Waals surface area contributed by atoms with E-state index in [1.165, 1.54) is 11.8 Å². The number of hydrogen-bond acceptors (Lipinski definition) is 4. The van der Waals surface area contributed by atoms with Crippen LogP contribution in [-0.2, 0) is 13.0 Å². The van der Waals surface area contributed by atoms with Gasteiger partial charge in [0, 0.05) is 42.9 Å². The Morgan fingerprint density at radius 2 is 2.14 bits per heavy atom. The number of para-hydroxylation sites is 1. The molecule has 21 heavy (non-hydrogen) atoms. The molecule has 3 rings (SSSR count). The van der Waals surface area contributed by atoms with Crippen molar-refractivity contribution >= 4 is 5.69 Å². The van der Waals surface area contributed by atoms with Crippen molar-refractivity contribution in [2.24, 2.45) is 0 Å². The van der Waals surface area contributed by atoms with Gasteiger partial charge in [-0.2, -0.15) is 5.10 Å². The number of rotatable bonds is 3. The van der Waals surface area contributed by atoms with E-state index in [0.717, 1.165) is 24.2 Å². The molecule has 0 radical (unpaired) electrons. The number of fused-ring (bicyclic) bond motifs is 1. The summed E-state index contributed by atoms with van der Waals surface area (Å²) in [6.07, 6.45) is 0.904. The predicted molar refractivity (Wildman–Crippen MR) is 80.1 cm³/mol. The first-order chi connectivity index (χ1) is 10.1. The Balaban J connectivity index is 2.22. The molecular formula is C15H18N4O2. The number of nitrogens with one attached hydrogen (secondary N) is 1. The predicted octanol–water partition coefficient (Wildman–Crippen LogP) is 2.68. The molecule has 0 saturated carbocycles. The fourth-order valence-corrected chi connectivity index (χ4v) is 2.85. The topological polar surface area (TPSA) is 73.0 Å². The van der Waals surface area contributed by atoms with Crippen LogP contribution in [0.3, 0.4) is 0 Å². The van der Waals surface area contributed by atoms with Gasteiger partial charge in [-0.15, -0.1) is 0 Å². The second-order valence-corrected chi connectivity index (χ2v) is 5.51. The summed E-state index contributed by atoms with van der Waals surface area (Å²) in [5.41, 5.74) is 3.72. The third-order valence-corrected chi connectivity index (χ3v) is 3.80. The Kier molecular flexibility index (Phi) is 3.47. The highest BCUT2D eigenvalue weighted by Crippen LogP contribution is 2.34. The van der Waals surface area contributed by atoms with Crippen molar-refractivity contribution in [3.63, 3.8) is 0 Å². The van der Waals surface area contributed by atoms with Crippen molar-refractivity contribution in [3.8, 4) is 11.3 Å². The van der Waals surface area contributed by atoms with E-state index in [1.54, 1.807) is 12.1 Å². The number of nitro groups is 1. The van der Waals surface area contributed by atoms with Gasteiger partial charge >= 0.3 is 0 Å². The van der Waals surface area contributed by atoms with E-state index in [1.807, 2.05) is 10.7 Å². The summed E-state index contributed by atoms with van der Waals surface area (Å²) in [6.45, 7) is 5.79. The minimum atomic E-state index is -0.341. The fraction of sp³-hybridized carbons (Fsp3) is 0.400. The van der Waals surface area contributed by atoms with Crippen molar-refractivity contribution in [3.05, 3.63) is 45.6 Å². The van der Waals surface area contributed by atoms with Gasteiger partial charge in [-0.3, -0.25) is 14.8 Å². The SMILES string of the molecule is CC(C)n1nc(-c2ccccc2[N+](=O)[O-])c2c1CCNC2. The summed E-state index contributed by atoms with van der Waals surface area (Å²) < 4.78 is 2.00. The lowest BCUT2D eigenvalue weighted by atomic mass is 10.0. The van der Waals surface area contributed by atoms with Crippen LogP contribution in [0.15, 0.2) is 24.3 Å². The Morgan fingerprint density at radius 3 is 2.86 bits per heavy atom. The molecule has 1 aliphatic rings. The van der Waals surface area contributed by atoms with Gasteiger partial charge < -0.3 is 5.32 Å². The van der Waals surface area contributed by atoms with Crippen LogP contribution in [0.4, 0.5) is 5.69 Å². The molecule has 0 atom stereocenters. The third-order valence-electron chi connectivity index (χ3n) is 3.80. The lowest BCUT2D eigenvalue weighted by molar-refractivity contribution is -0.384. The average molecular weight is 286 g/mol. The molecule has 2 heterocycles. The molecule has 0 bridgehead atoms. The van der Waals surface area contributed by atoms with E-state index in [0.29, 0.717) is 12.1 Å². The van der Waals surface area contributed by atoms with Gasteiger partial charge in [0.15, 0.2) is 0 Å². The monoisotopic (exact) mass is 286 g/mol. The van der Waals surface area contributed by atoms with Crippen LogP contribution < -0.4 is 5.32 Å². The number of hydrogen-bond donors (Lipinski definition) is 1. The second-order valence-electron chi connectivity index (χ2n) is 5.51. The van der Waals surface area contributed by atoms with Crippen molar-refractivity contribution in [1.29, 1.82) is 0 Å². The van der Waals surface area contributed by atoms with Crippen LogP contribution in [0.1, 0.15) is 31.1 Å². The van der Waals surface area contributed by atoms with Crippen molar-refractivity contribution in [2.75, 3.05) is 6.54 Å². The van der Waals surface area contributed by atoms with Gasteiger partial charge in [0.05, 0.1) is 10.5 Å². The average Bonchev–Trinajstić information content (AvgIpc) is 2.87. The van der Waals surface area contributed by atoms with E-state index in [4.69, 9.17) is 0 Å². The lowest BCUT2D eigenvalue weighted by Gasteiger charge is -2.17. The molecule has 6 heteroatoms. The normalized spacial score (nSPS) is 14.2. The van der Waals surface area contributed by atoms with E-state index in [9.17, 15) is 10.1 Å². The van der Waals surface area contributed by atoms with Crippen LogP contribution in [-0.4, -0.2) is 21.2 Å². The number of nitrogens with zero attached hydrogens (tertiary/aromatic N) is 3. The first kappa shape index (κ1) is 13.8. The van der Waals surface area contributed by atoms with E-state index in [2.05, 4.69) is 24.3 Å². The molecule has 6 nitrogen and oxygen atoms in total. The maximum absolute atomic E-state index is 11.3. The zero-order valence-electron chi connectivity index (χ0n) is 12.2. The molecule has 0 amide bonds. The summed E-state index contributed by atoms with van der Waals surface area (Å²) in [4.78, 5) is 10.9. The number of benzene rings is 1. The summed E-state index contributed by atoms with van der Waals surface area (Å²) in [5.74, 6) is 0. The third kappa shape index (κ3) is 2.31. The molecule has 1 aromatic carbocycles. The van der Waals surface area contributed by atoms with Crippen molar-refractivity contribution in [2.45, 2.75) is 32.9 Å². The smallest absolute Gasteiger partial charge is 0.278 e. The van der Waals surface area contributed by atoms with E-state index >= 15 is 0 Å². The zero-order chi connectivity index (χ0) is 15.0. The minimum absolute atomic E-state index is 0.110. The Morgan fingerprint density at radius 1 is 1.38 bits per heavy atom. The first-order valence-electron chi connectivity index (χ1n) is 7.14. The molecule has 1 aliphatic heterocycles. The minimum Gasteiger partial charge on any atom is -0.312 e. The van der Waals surface area contributed by atoms with Crippen LogP contribution in [0.2, 0.25) is 0 Å². The fourth-order valence-electron chi connectivity index (χ4n) is 2.85. The Hall–Kier alpha value is -2.21. The maximum atomic E-state index is 11.3. The van der Waals surface area contributed by atoms with E-state index < -0.39 is 0 Å². The van der Waals surface area contributed by atoms with Crippen LogP contribution in [0, 0.1) is 10.1 Å². The molecule has 110 valence electrons. The van der Waals surface area contributed by atoms with Gasteiger partial charge in [0.1, 0.15) is 5.69 Å². The maximum Gasteiger partial charge on any atom is 0.278 e. The highest BCUT2D eigenvalue weighted by molar-refractivity contribution is 5.73. The highest BCUT2D eigenvalue weighted by atomic mass is 16.6. The molecule has 0 aliphatic carbocycles. The summed E-state index contributed by atoms with van der Waals surface area (Å²) in [6, 6.07) is 7.06. The molecule has 1 aromatic heterocycles. The Labute approximate surface area is 122 Å². The quantitative estimate of drug-likeness (QED) is 0.695. The molecule has 0 unspecified atom stereocenters. The molecule has 2 aromatic rings. The Bertz CT molecular complexity index is 691. The molecule has 0 saturated heterocycles. The van der Waals surface area contributed by atoms with Crippen LogP contribution >= 0.6 is 0 Å². The zero-order valence-corrected chi connectivity index (χ0v) is 12.2. The largest absolute Gasteiger partial charge is 0.312 e. The molecule has 0 spiro atoms. The van der Waals surface area contributed by atoms with Gasteiger partial charge in [-0.1, -0.05) is 12.1 Å². The standard InChI is InChI=1S/C15H18N4O2/c1-10(2)18-13-7-8-16-9-12(13)15(17-18)11-5-3-4-6-14(11)19(20)21/h3-6,10,16H,7-9H2,1-2H3. The molecular weight excluding hydrogens is 268 g/mol. The number of nitro benzene ring substituents is 1. The van der Waals surface area contributed by atoms with Crippen molar-refractivity contribution < 1.29 is 4.92 Å².